The van der Waals surface area contributed by atoms with E-state index in [2.05, 4.69) is 26.5 Å². The molecule has 0 saturated carbocycles. The average molecular weight is 208 g/mol. The molecule has 0 unspecified atom stereocenters. The average Bonchev–Trinajstić information content (AvgIpc) is 2.04. The highest BCUT2D eigenvalue weighted by molar-refractivity contribution is 7.99. The van der Waals surface area contributed by atoms with Crippen molar-refractivity contribution in [2.24, 2.45) is 5.41 Å². The summed E-state index contributed by atoms with van der Waals surface area (Å²) in [4.78, 5) is 0. The number of methoxy groups -OCH3 is 1. The van der Waals surface area contributed by atoms with E-state index in [1.807, 2.05) is 11.8 Å². The molecule has 0 N–H and O–H groups in total. The molecule has 0 aliphatic heterocycles. The summed E-state index contributed by atoms with van der Waals surface area (Å²) in [7, 11) is 1.75. The van der Waals surface area contributed by atoms with E-state index in [1.54, 1.807) is 7.11 Å². The van der Waals surface area contributed by atoms with Crippen LogP contribution in [0.3, 0.4) is 0 Å². The number of hydrogen-bond donors (Lipinski definition) is 1. The van der Waals surface area contributed by atoms with Gasteiger partial charge in [0, 0.05) is 13.7 Å². The SMILES string of the molecule is COCCCSCC(C)(C)CS. The monoisotopic (exact) mass is 208 g/mol. The molecule has 0 heterocycles. The zero-order chi connectivity index (χ0) is 9.45. The van der Waals surface area contributed by atoms with Gasteiger partial charge in [0.05, 0.1) is 0 Å². The smallest absolute Gasteiger partial charge is 0.0470 e. The van der Waals surface area contributed by atoms with E-state index in [9.17, 15) is 0 Å². The fourth-order valence-corrected chi connectivity index (χ4v) is 2.08. The third kappa shape index (κ3) is 7.32. The minimum absolute atomic E-state index is 0.376. The molecule has 0 saturated heterocycles. The van der Waals surface area contributed by atoms with Gasteiger partial charge in [-0.3, -0.25) is 0 Å². The van der Waals surface area contributed by atoms with Crippen LogP contribution in [0.5, 0.6) is 0 Å². The zero-order valence-electron chi connectivity index (χ0n) is 8.30. The molecule has 1 nitrogen and oxygen atoms in total. The molecule has 74 valence electrons. The Labute approximate surface area is 86.1 Å². The molecule has 0 fully saturated rings. The summed E-state index contributed by atoms with van der Waals surface area (Å²) in [6.07, 6.45) is 1.16. The Bertz CT molecular complexity index is 105. The molecular weight excluding hydrogens is 188 g/mol. The van der Waals surface area contributed by atoms with Crippen molar-refractivity contribution in [1.29, 1.82) is 0 Å². The van der Waals surface area contributed by atoms with Crippen molar-refractivity contribution in [2.45, 2.75) is 20.3 Å². The van der Waals surface area contributed by atoms with Gasteiger partial charge in [0.1, 0.15) is 0 Å². The first-order valence-electron chi connectivity index (χ1n) is 4.30. The number of thioether (sulfide) groups is 1. The Hall–Kier alpha value is 0.660. The molecule has 0 aliphatic carbocycles. The van der Waals surface area contributed by atoms with Gasteiger partial charge in [-0.25, -0.2) is 0 Å². The summed E-state index contributed by atoms with van der Waals surface area (Å²) in [6.45, 7) is 5.39. The third-order valence-corrected chi connectivity index (χ3v) is 3.98. The second kappa shape index (κ2) is 7.10. The Kier molecular flexibility index (Phi) is 7.49. The number of ether oxygens (including phenoxy) is 1. The van der Waals surface area contributed by atoms with Crippen LogP contribution in [0.15, 0.2) is 0 Å². The lowest BCUT2D eigenvalue weighted by Gasteiger charge is -2.20. The minimum Gasteiger partial charge on any atom is -0.385 e. The molecule has 0 rings (SSSR count). The lowest BCUT2D eigenvalue weighted by atomic mass is 10.0. The third-order valence-electron chi connectivity index (χ3n) is 1.56. The number of hydrogen-bond acceptors (Lipinski definition) is 3. The van der Waals surface area contributed by atoms with E-state index in [0.29, 0.717) is 5.41 Å². The van der Waals surface area contributed by atoms with Crippen LogP contribution >= 0.6 is 24.4 Å². The maximum Gasteiger partial charge on any atom is 0.0470 e. The lowest BCUT2D eigenvalue weighted by Crippen LogP contribution is -2.16. The summed E-state index contributed by atoms with van der Waals surface area (Å²) < 4.78 is 4.97. The van der Waals surface area contributed by atoms with Crippen LogP contribution in [0.4, 0.5) is 0 Å². The molecule has 0 bridgehead atoms. The Morgan fingerprint density at radius 2 is 2.08 bits per heavy atom. The minimum atomic E-state index is 0.376. The second-order valence-electron chi connectivity index (χ2n) is 3.72. The van der Waals surface area contributed by atoms with Gasteiger partial charge in [0.25, 0.3) is 0 Å². The molecule has 0 aliphatic rings. The maximum atomic E-state index is 4.97. The quantitative estimate of drug-likeness (QED) is 0.509. The van der Waals surface area contributed by atoms with Gasteiger partial charge in [-0.1, -0.05) is 13.8 Å². The molecule has 0 atom stereocenters. The fraction of sp³-hybridized carbons (Fsp3) is 1.00. The molecule has 0 aromatic carbocycles. The highest BCUT2D eigenvalue weighted by Crippen LogP contribution is 2.23. The van der Waals surface area contributed by atoms with Gasteiger partial charge in [0.15, 0.2) is 0 Å². The first-order valence-corrected chi connectivity index (χ1v) is 6.08. The largest absolute Gasteiger partial charge is 0.385 e. The number of rotatable bonds is 7. The van der Waals surface area contributed by atoms with Gasteiger partial charge < -0.3 is 4.74 Å². The Balaban J connectivity index is 3.19. The first-order chi connectivity index (χ1) is 5.62. The van der Waals surface area contributed by atoms with Crippen molar-refractivity contribution in [1.82, 2.24) is 0 Å². The van der Waals surface area contributed by atoms with Crippen LogP contribution in [-0.2, 0) is 4.74 Å². The molecule has 0 amide bonds. The van der Waals surface area contributed by atoms with Crippen molar-refractivity contribution < 1.29 is 4.74 Å². The summed E-state index contributed by atoms with van der Waals surface area (Å²) in [6, 6.07) is 0. The highest BCUT2D eigenvalue weighted by atomic mass is 32.2. The van der Waals surface area contributed by atoms with Crippen molar-refractivity contribution >= 4 is 24.4 Å². The predicted molar refractivity (Wildman–Crippen MR) is 61.5 cm³/mol. The van der Waals surface area contributed by atoms with Crippen molar-refractivity contribution in [2.75, 3.05) is 31.0 Å². The van der Waals surface area contributed by atoms with Gasteiger partial charge in [0.2, 0.25) is 0 Å². The van der Waals surface area contributed by atoms with E-state index < -0.39 is 0 Å². The molecule has 3 heteroatoms. The first kappa shape index (κ1) is 12.7. The van der Waals surface area contributed by atoms with Crippen LogP contribution in [0.2, 0.25) is 0 Å². The van der Waals surface area contributed by atoms with Crippen molar-refractivity contribution in [3.8, 4) is 0 Å². The molecule has 0 aromatic heterocycles. The number of thiol groups is 1. The van der Waals surface area contributed by atoms with E-state index in [-0.39, 0.29) is 0 Å². The van der Waals surface area contributed by atoms with Crippen LogP contribution in [0.25, 0.3) is 0 Å². The highest BCUT2D eigenvalue weighted by Gasteiger charge is 2.14. The second-order valence-corrected chi connectivity index (χ2v) is 5.14. The van der Waals surface area contributed by atoms with E-state index in [4.69, 9.17) is 4.74 Å². The Morgan fingerprint density at radius 3 is 2.58 bits per heavy atom. The molecular formula is C9H20OS2. The van der Waals surface area contributed by atoms with E-state index in [0.717, 1.165) is 18.8 Å². The molecule has 0 radical (unpaired) electrons. The topological polar surface area (TPSA) is 9.23 Å². The van der Waals surface area contributed by atoms with Crippen molar-refractivity contribution in [3.63, 3.8) is 0 Å². The summed E-state index contributed by atoms with van der Waals surface area (Å²) in [5.74, 6) is 3.36. The van der Waals surface area contributed by atoms with Crippen LogP contribution < -0.4 is 0 Å². The van der Waals surface area contributed by atoms with Crippen LogP contribution in [0, 0.1) is 5.41 Å². The molecule has 12 heavy (non-hydrogen) atoms. The summed E-state index contributed by atoms with van der Waals surface area (Å²) in [5.41, 5.74) is 0.376. The van der Waals surface area contributed by atoms with E-state index in [1.165, 1.54) is 11.5 Å². The zero-order valence-corrected chi connectivity index (χ0v) is 10.0. The predicted octanol–water partition coefficient (Wildman–Crippen LogP) is 2.71. The van der Waals surface area contributed by atoms with E-state index >= 15 is 0 Å². The fourth-order valence-electron chi connectivity index (χ4n) is 0.699. The van der Waals surface area contributed by atoms with Gasteiger partial charge in [-0.2, -0.15) is 24.4 Å². The summed E-state index contributed by atoms with van der Waals surface area (Å²) in [5, 5.41) is 0. The normalized spacial score (nSPS) is 12.0. The van der Waals surface area contributed by atoms with Crippen LogP contribution in [-0.4, -0.2) is 31.0 Å². The standard InChI is InChI=1S/C9H20OS2/c1-9(2,7-11)8-12-6-4-5-10-3/h11H,4-8H2,1-3H3. The summed E-state index contributed by atoms with van der Waals surface area (Å²) >= 11 is 6.30. The van der Waals surface area contributed by atoms with Gasteiger partial charge in [-0.15, -0.1) is 0 Å². The molecule has 0 aromatic rings. The van der Waals surface area contributed by atoms with Crippen molar-refractivity contribution in [3.05, 3.63) is 0 Å². The van der Waals surface area contributed by atoms with Gasteiger partial charge >= 0.3 is 0 Å². The molecule has 0 spiro atoms. The van der Waals surface area contributed by atoms with Crippen LogP contribution in [0.1, 0.15) is 20.3 Å². The Morgan fingerprint density at radius 1 is 1.42 bits per heavy atom. The lowest BCUT2D eigenvalue weighted by molar-refractivity contribution is 0.200. The maximum absolute atomic E-state index is 4.97. The van der Waals surface area contributed by atoms with Gasteiger partial charge in [-0.05, 0) is 29.1 Å².